The zero-order valence-electron chi connectivity index (χ0n) is 10.4. The smallest absolute Gasteiger partial charge is 0.135 e. The van der Waals surface area contributed by atoms with Gasteiger partial charge in [0.1, 0.15) is 11.0 Å². The number of fused-ring (bicyclic) bond motifs is 1. The van der Waals surface area contributed by atoms with Crippen molar-refractivity contribution in [3.05, 3.63) is 52.7 Å². The third-order valence-corrected chi connectivity index (χ3v) is 3.51. The fourth-order valence-corrected chi connectivity index (χ4v) is 2.78. The van der Waals surface area contributed by atoms with Crippen LogP contribution in [0.1, 0.15) is 17.5 Å². The lowest BCUT2D eigenvalue weighted by molar-refractivity contribution is 0.759. The molecule has 1 aliphatic heterocycles. The summed E-state index contributed by atoms with van der Waals surface area (Å²) in [5.41, 5.74) is 3.80. The number of rotatable bonds is 1. The molecule has 92 valence electrons. The van der Waals surface area contributed by atoms with E-state index in [1.165, 1.54) is 11.3 Å². The van der Waals surface area contributed by atoms with Crippen LogP contribution in [0, 0.1) is 6.92 Å². The van der Waals surface area contributed by atoms with E-state index in [0.29, 0.717) is 5.15 Å². The predicted molar refractivity (Wildman–Crippen MR) is 75.8 cm³/mol. The van der Waals surface area contributed by atoms with E-state index in [9.17, 15) is 0 Å². The fraction of sp³-hybridized carbons (Fsp3) is 0.267. The van der Waals surface area contributed by atoms with E-state index >= 15 is 0 Å². The summed E-state index contributed by atoms with van der Waals surface area (Å²) < 4.78 is 0. The molecule has 0 saturated carbocycles. The molecule has 0 spiro atoms. The SMILES string of the molecule is Cc1cc(Cl)nc(N2CCCc3ccccc32)c1. The standard InChI is InChI=1S/C15H15ClN2/c1-11-9-14(16)17-15(10-11)18-8-4-6-12-5-2-3-7-13(12)18/h2-3,5,7,9-10H,4,6,8H2,1H3. The first-order valence-electron chi connectivity index (χ1n) is 6.24. The van der Waals surface area contributed by atoms with Crippen LogP contribution >= 0.6 is 11.6 Å². The summed E-state index contributed by atoms with van der Waals surface area (Å²) in [6.07, 6.45) is 2.30. The van der Waals surface area contributed by atoms with Crippen molar-refractivity contribution in [2.75, 3.05) is 11.4 Å². The van der Waals surface area contributed by atoms with Crippen LogP contribution in [0.2, 0.25) is 5.15 Å². The highest BCUT2D eigenvalue weighted by atomic mass is 35.5. The molecule has 2 heterocycles. The lowest BCUT2D eigenvalue weighted by atomic mass is 10.0. The van der Waals surface area contributed by atoms with E-state index in [0.717, 1.165) is 30.8 Å². The Morgan fingerprint density at radius 3 is 2.89 bits per heavy atom. The fourth-order valence-electron chi connectivity index (χ4n) is 2.52. The summed E-state index contributed by atoms with van der Waals surface area (Å²) >= 11 is 6.06. The Morgan fingerprint density at radius 2 is 2.06 bits per heavy atom. The Balaban J connectivity index is 2.08. The van der Waals surface area contributed by atoms with Crippen molar-refractivity contribution in [3.8, 4) is 0 Å². The molecule has 2 aromatic rings. The normalized spacial score (nSPS) is 14.4. The second-order valence-corrected chi connectivity index (χ2v) is 5.10. The Bertz CT molecular complexity index is 560. The van der Waals surface area contributed by atoms with Crippen LogP contribution in [-0.2, 0) is 6.42 Å². The molecule has 0 amide bonds. The topological polar surface area (TPSA) is 16.1 Å². The van der Waals surface area contributed by atoms with E-state index in [1.807, 2.05) is 13.0 Å². The summed E-state index contributed by atoms with van der Waals surface area (Å²) in [5, 5.41) is 0.563. The molecular weight excluding hydrogens is 244 g/mol. The summed E-state index contributed by atoms with van der Waals surface area (Å²) in [6.45, 7) is 3.05. The number of halogens is 1. The molecule has 0 atom stereocenters. The number of benzene rings is 1. The highest BCUT2D eigenvalue weighted by Gasteiger charge is 2.18. The van der Waals surface area contributed by atoms with Crippen LogP contribution in [0.5, 0.6) is 0 Å². The Morgan fingerprint density at radius 1 is 1.22 bits per heavy atom. The third kappa shape index (κ3) is 2.08. The van der Waals surface area contributed by atoms with Gasteiger partial charge in [-0.25, -0.2) is 4.98 Å². The molecule has 0 radical (unpaired) electrons. The van der Waals surface area contributed by atoms with Gasteiger partial charge in [0.05, 0.1) is 0 Å². The number of hydrogen-bond donors (Lipinski definition) is 0. The molecule has 18 heavy (non-hydrogen) atoms. The molecule has 2 nitrogen and oxygen atoms in total. The van der Waals surface area contributed by atoms with Crippen molar-refractivity contribution in [2.24, 2.45) is 0 Å². The largest absolute Gasteiger partial charge is 0.326 e. The zero-order chi connectivity index (χ0) is 12.5. The zero-order valence-corrected chi connectivity index (χ0v) is 11.1. The molecule has 1 aliphatic rings. The highest BCUT2D eigenvalue weighted by Crippen LogP contribution is 2.33. The van der Waals surface area contributed by atoms with Crippen molar-refractivity contribution in [2.45, 2.75) is 19.8 Å². The second-order valence-electron chi connectivity index (χ2n) is 4.71. The van der Waals surface area contributed by atoms with Crippen LogP contribution in [-0.4, -0.2) is 11.5 Å². The first-order chi connectivity index (χ1) is 8.74. The Labute approximate surface area is 112 Å². The summed E-state index contributed by atoms with van der Waals surface area (Å²) in [5.74, 6) is 0.951. The lowest BCUT2D eigenvalue weighted by Crippen LogP contribution is -2.25. The van der Waals surface area contributed by atoms with Crippen molar-refractivity contribution in [3.63, 3.8) is 0 Å². The minimum Gasteiger partial charge on any atom is -0.326 e. The predicted octanol–water partition coefficient (Wildman–Crippen LogP) is 4.13. The first kappa shape index (κ1) is 11.5. The first-order valence-corrected chi connectivity index (χ1v) is 6.61. The van der Waals surface area contributed by atoms with Gasteiger partial charge in [-0.3, -0.25) is 0 Å². The van der Waals surface area contributed by atoms with E-state index in [2.05, 4.69) is 40.2 Å². The Hall–Kier alpha value is -1.54. The monoisotopic (exact) mass is 258 g/mol. The number of para-hydroxylation sites is 1. The summed E-state index contributed by atoms with van der Waals surface area (Å²) in [6, 6.07) is 12.5. The molecule has 0 fully saturated rings. The van der Waals surface area contributed by atoms with Crippen LogP contribution in [0.25, 0.3) is 0 Å². The van der Waals surface area contributed by atoms with E-state index in [-0.39, 0.29) is 0 Å². The minimum absolute atomic E-state index is 0.563. The van der Waals surface area contributed by atoms with Gasteiger partial charge in [-0.2, -0.15) is 0 Å². The van der Waals surface area contributed by atoms with Crippen molar-refractivity contribution >= 4 is 23.1 Å². The molecule has 3 rings (SSSR count). The number of nitrogens with zero attached hydrogens (tertiary/aromatic N) is 2. The maximum absolute atomic E-state index is 6.06. The molecular formula is C15H15ClN2. The van der Waals surface area contributed by atoms with Gasteiger partial charge in [-0.05, 0) is 49.1 Å². The van der Waals surface area contributed by atoms with Gasteiger partial charge < -0.3 is 4.90 Å². The molecule has 0 saturated heterocycles. The van der Waals surface area contributed by atoms with E-state index in [1.54, 1.807) is 0 Å². The molecule has 0 unspecified atom stereocenters. The van der Waals surface area contributed by atoms with Gasteiger partial charge >= 0.3 is 0 Å². The maximum atomic E-state index is 6.06. The molecule has 1 aromatic heterocycles. The van der Waals surface area contributed by atoms with Crippen LogP contribution in [0.15, 0.2) is 36.4 Å². The molecule has 1 aromatic carbocycles. The van der Waals surface area contributed by atoms with Crippen molar-refractivity contribution in [1.29, 1.82) is 0 Å². The van der Waals surface area contributed by atoms with E-state index < -0.39 is 0 Å². The molecule has 3 heteroatoms. The van der Waals surface area contributed by atoms with Gasteiger partial charge in [0, 0.05) is 12.2 Å². The lowest BCUT2D eigenvalue weighted by Gasteiger charge is -2.30. The number of hydrogen-bond acceptors (Lipinski definition) is 2. The third-order valence-electron chi connectivity index (χ3n) is 3.31. The van der Waals surface area contributed by atoms with Gasteiger partial charge in [0.2, 0.25) is 0 Å². The number of pyridine rings is 1. The number of aryl methyl sites for hydroxylation is 2. The summed E-state index contributed by atoms with van der Waals surface area (Å²) in [7, 11) is 0. The molecule has 0 aliphatic carbocycles. The summed E-state index contributed by atoms with van der Waals surface area (Å²) in [4.78, 5) is 6.71. The number of aromatic nitrogens is 1. The maximum Gasteiger partial charge on any atom is 0.135 e. The molecule has 0 N–H and O–H groups in total. The second kappa shape index (κ2) is 4.62. The average molecular weight is 259 g/mol. The van der Waals surface area contributed by atoms with Gasteiger partial charge in [0.25, 0.3) is 0 Å². The van der Waals surface area contributed by atoms with Crippen LogP contribution in [0.4, 0.5) is 11.5 Å². The Kier molecular flexibility index (Phi) is 2.96. The van der Waals surface area contributed by atoms with Crippen molar-refractivity contribution in [1.82, 2.24) is 4.98 Å². The van der Waals surface area contributed by atoms with Gasteiger partial charge in [-0.15, -0.1) is 0 Å². The van der Waals surface area contributed by atoms with E-state index in [4.69, 9.17) is 11.6 Å². The van der Waals surface area contributed by atoms with Gasteiger partial charge in [-0.1, -0.05) is 29.8 Å². The molecule has 0 bridgehead atoms. The average Bonchev–Trinajstić information content (AvgIpc) is 2.37. The van der Waals surface area contributed by atoms with Gasteiger partial charge in [0.15, 0.2) is 0 Å². The van der Waals surface area contributed by atoms with Crippen molar-refractivity contribution < 1.29 is 0 Å². The van der Waals surface area contributed by atoms with Crippen LogP contribution < -0.4 is 4.90 Å². The quantitative estimate of drug-likeness (QED) is 0.715. The highest BCUT2D eigenvalue weighted by molar-refractivity contribution is 6.29. The minimum atomic E-state index is 0.563. The van der Waals surface area contributed by atoms with Crippen LogP contribution in [0.3, 0.4) is 0 Å². The number of anilines is 2.